The first kappa shape index (κ1) is 27.0. The molecule has 15 atom stereocenters. The van der Waals surface area contributed by atoms with Crippen LogP contribution in [0.25, 0.3) is 0 Å². The largest absolute Gasteiger partial charge is 0.394 e. The average Bonchev–Trinajstić information content (AvgIpc) is 2.80. The van der Waals surface area contributed by atoms with Crippen LogP contribution in [0, 0.1) is 0 Å². The fourth-order valence-electron chi connectivity index (χ4n) is 4.37. The topological polar surface area (TPSA) is 259 Å². The molecular weight excluding hydrogens is 456 g/mol. The van der Waals surface area contributed by atoms with Crippen molar-refractivity contribution in [3.8, 4) is 0 Å². The van der Waals surface area contributed by atoms with Gasteiger partial charge in [-0.1, -0.05) is 0 Å². The zero-order chi connectivity index (χ0) is 24.8. The van der Waals surface area contributed by atoms with Gasteiger partial charge in [-0.25, -0.2) is 0 Å². The molecule has 3 fully saturated rings. The van der Waals surface area contributed by atoms with Crippen LogP contribution in [0.4, 0.5) is 0 Å². The molecule has 11 N–H and O–H groups in total. The molecule has 0 aromatic rings. The van der Waals surface area contributed by atoms with Crippen LogP contribution in [0.2, 0.25) is 0 Å². The van der Waals surface area contributed by atoms with Crippen molar-refractivity contribution in [1.82, 2.24) is 0 Å². The lowest BCUT2D eigenvalue weighted by Crippen LogP contribution is -2.77. The van der Waals surface area contributed by atoms with Crippen molar-refractivity contribution < 1.29 is 75.1 Å². The Hall–Kier alpha value is -0.600. The normalized spacial score (nSPS) is 56.0. The highest BCUT2D eigenvalue weighted by Gasteiger charge is 2.65. The van der Waals surface area contributed by atoms with Gasteiger partial charge < -0.3 is 75.1 Å². The summed E-state index contributed by atoms with van der Waals surface area (Å²) in [5, 5.41) is 112. The highest BCUT2D eigenvalue weighted by molar-refractivity contribution is 5.11. The van der Waals surface area contributed by atoms with Gasteiger partial charge in [0.2, 0.25) is 0 Å². The molecule has 0 radical (unpaired) electrons. The van der Waals surface area contributed by atoms with Crippen LogP contribution in [0.15, 0.2) is 0 Å². The van der Waals surface area contributed by atoms with Gasteiger partial charge in [0.05, 0.1) is 19.3 Å². The quantitative estimate of drug-likeness (QED) is 0.172. The van der Waals surface area contributed by atoms with Crippen LogP contribution in [-0.2, 0) is 18.9 Å². The Morgan fingerprint density at radius 3 is 1.88 bits per heavy atom. The maximum atomic E-state index is 11.5. The molecule has 3 saturated heterocycles. The molecule has 33 heavy (non-hydrogen) atoms. The van der Waals surface area contributed by atoms with Crippen molar-refractivity contribution in [1.29, 1.82) is 0 Å². The Kier molecular flexibility index (Phi) is 8.32. The molecule has 0 bridgehead atoms. The highest BCUT2D eigenvalue weighted by Crippen LogP contribution is 2.41. The first-order chi connectivity index (χ1) is 15.4. The molecule has 15 heteroatoms. The van der Waals surface area contributed by atoms with Crippen LogP contribution in [-0.4, -0.2) is 161 Å². The van der Waals surface area contributed by atoms with Crippen LogP contribution in [0.3, 0.4) is 0 Å². The van der Waals surface area contributed by atoms with E-state index in [2.05, 4.69) is 0 Å². The molecule has 3 aliphatic rings. The molecule has 0 aromatic carbocycles. The predicted molar refractivity (Wildman–Crippen MR) is 99.9 cm³/mol. The molecule has 15 nitrogen and oxygen atoms in total. The van der Waals surface area contributed by atoms with Crippen molar-refractivity contribution in [2.75, 3.05) is 13.2 Å². The van der Waals surface area contributed by atoms with Gasteiger partial charge in [-0.05, 0) is 6.92 Å². The van der Waals surface area contributed by atoms with Gasteiger partial charge in [0.25, 0.3) is 0 Å². The zero-order valence-corrected chi connectivity index (χ0v) is 17.5. The molecular formula is C18H32O15. The van der Waals surface area contributed by atoms with Gasteiger partial charge in [0, 0.05) is 0 Å². The summed E-state index contributed by atoms with van der Waals surface area (Å²) in [6, 6.07) is 0. The number of hydrogen-bond donors (Lipinski definition) is 11. The monoisotopic (exact) mass is 488 g/mol. The van der Waals surface area contributed by atoms with Gasteiger partial charge >= 0.3 is 0 Å². The molecule has 0 unspecified atom stereocenters. The second-order valence-electron chi connectivity index (χ2n) is 8.57. The first-order valence-electron chi connectivity index (χ1n) is 10.4. The van der Waals surface area contributed by atoms with E-state index in [1.807, 2.05) is 0 Å². The minimum atomic E-state index is -2.89. The van der Waals surface area contributed by atoms with E-state index in [1.165, 1.54) is 6.92 Å². The SMILES string of the molecule is C[C@@H]1O[C@@H]([C@]2(O)[C@H](O[C@H]3[C@H](O)[C@@H](O)[C@@H](O)O[C@@H]3CO)O[C@H](CO)[C@H](O)[C@@H]2O)[C@@H](O)[C@H](O)[C@@H]1O. The summed E-state index contributed by atoms with van der Waals surface area (Å²) < 4.78 is 21.3. The van der Waals surface area contributed by atoms with Crippen LogP contribution < -0.4 is 0 Å². The van der Waals surface area contributed by atoms with E-state index < -0.39 is 105 Å². The number of aliphatic hydroxyl groups is 11. The Balaban J connectivity index is 1.99. The Morgan fingerprint density at radius 1 is 0.697 bits per heavy atom. The highest BCUT2D eigenvalue weighted by atomic mass is 16.7. The van der Waals surface area contributed by atoms with Crippen LogP contribution in [0.1, 0.15) is 6.92 Å². The lowest BCUT2D eigenvalue weighted by molar-refractivity contribution is -0.406. The van der Waals surface area contributed by atoms with Gasteiger partial charge in [0.1, 0.15) is 67.1 Å². The lowest BCUT2D eigenvalue weighted by atomic mass is 9.76. The summed E-state index contributed by atoms with van der Waals surface area (Å²) in [5.41, 5.74) is -2.89. The van der Waals surface area contributed by atoms with Gasteiger partial charge in [-0.3, -0.25) is 0 Å². The van der Waals surface area contributed by atoms with Crippen molar-refractivity contribution in [2.45, 2.75) is 98.4 Å². The van der Waals surface area contributed by atoms with Crippen molar-refractivity contribution in [2.24, 2.45) is 0 Å². The van der Waals surface area contributed by atoms with E-state index >= 15 is 0 Å². The lowest BCUT2D eigenvalue weighted by Gasteiger charge is -2.55. The fraction of sp³-hybridized carbons (Fsp3) is 1.00. The van der Waals surface area contributed by atoms with Crippen molar-refractivity contribution in [3.63, 3.8) is 0 Å². The van der Waals surface area contributed by atoms with Crippen LogP contribution in [0.5, 0.6) is 0 Å². The molecule has 0 aliphatic carbocycles. The third-order valence-corrected chi connectivity index (χ3v) is 6.46. The minimum Gasteiger partial charge on any atom is -0.394 e. The third-order valence-electron chi connectivity index (χ3n) is 6.46. The Bertz CT molecular complexity index is 650. The van der Waals surface area contributed by atoms with E-state index in [4.69, 9.17) is 18.9 Å². The van der Waals surface area contributed by atoms with E-state index in [-0.39, 0.29) is 0 Å². The summed E-state index contributed by atoms with van der Waals surface area (Å²) in [6.45, 7) is -0.405. The standard InChI is InChI=1S/C18H32O15/c1-4-7(21)9(23)11(25)15(30-4)18(29)14(27)8(22)5(2-19)32-17(18)33-13-6(3-20)31-16(28)12(26)10(13)24/h4-17,19-29H,2-3H2,1H3/t4-,5+,6+,7+,8-,9+,10+,11-,12+,13+,14-,15+,16-,17-,18-/m0/s1. The summed E-state index contributed by atoms with van der Waals surface area (Å²) in [7, 11) is 0. The summed E-state index contributed by atoms with van der Waals surface area (Å²) in [6.07, 6.45) is -25.3. The third kappa shape index (κ3) is 4.53. The van der Waals surface area contributed by atoms with E-state index in [0.29, 0.717) is 0 Å². The number of aliphatic hydroxyl groups excluding tert-OH is 10. The molecule has 3 rings (SSSR count). The second kappa shape index (κ2) is 10.2. The molecule has 0 spiro atoms. The summed E-state index contributed by atoms with van der Waals surface area (Å²) in [5.74, 6) is 0. The first-order valence-corrected chi connectivity index (χ1v) is 10.4. The van der Waals surface area contributed by atoms with Gasteiger partial charge in [-0.2, -0.15) is 0 Å². The zero-order valence-electron chi connectivity index (χ0n) is 17.5. The van der Waals surface area contributed by atoms with Gasteiger partial charge in [0.15, 0.2) is 18.2 Å². The maximum Gasteiger partial charge on any atom is 0.192 e. The average molecular weight is 488 g/mol. The molecule has 194 valence electrons. The number of rotatable bonds is 5. The van der Waals surface area contributed by atoms with Crippen LogP contribution >= 0.6 is 0 Å². The second-order valence-corrected chi connectivity index (χ2v) is 8.57. The predicted octanol–water partition coefficient (Wildman–Crippen LogP) is -7.16. The van der Waals surface area contributed by atoms with Crippen molar-refractivity contribution in [3.05, 3.63) is 0 Å². The van der Waals surface area contributed by atoms with Gasteiger partial charge in [-0.15, -0.1) is 0 Å². The summed E-state index contributed by atoms with van der Waals surface area (Å²) >= 11 is 0. The van der Waals surface area contributed by atoms with Crippen molar-refractivity contribution >= 4 is 0 Å². The maximum absolute atomic E-state index is 11.5. The van der Waals surface area contributed by atoms with E-state index in [0.717, 1.165) is 0 Å². The smallest absolute Gasteiger partial charge is 0.192 e. The molecule has 3 aliphatic heterocycles. The fourth-order valence-corrected chi connectivity index (χ4v) is 4.37. The van der Waals surface area contributed by atoms with E-state index in [9.17, 15) is 56.2 Å². The molecule has 0 aromatic heterocycles. The molecule has 0 saturated carbocycles. The van der Waals surface area contributed by atoms with E-state index in [1.54, 1.807) is 0 Å². The summed E-state index contributed by atoms with van der Waals surface area (Å²) in [4.78, 5) is 0. The Labute approximate surface area is 187 Å². The molecule has 3 heterocycles. The minimum absolute atomic E-state index is 0.838. The Morgan fingerprint density at radius 2 is 1.30 bits per heavy atom. The number of ether oxygens (including phenoxy) is 4. The number of hydrogen-bond acceptors (Lipinski definition) is 15. The molecule has 0 amide bonds.